The zero-order chi connectivity index (χ0) is 15.2. The number of carbonyl (C=O) groups excluding carboxylic acids is 1. The third-order valence-electron chi connectivity index (χ3n) is 3.89. The van der Waals surface area contributed by atoms with Gasteiger partial charge in [0.05, 0.1) is 5.02 Å². The topological polar surface area (TPSA) is 80.5 Å². The molecule has 5 nitrogen and oxygen atoms in total. The molecule has 2 N–H and O–H groups in total. The molecule has 2 aliphatic carbocycles. The van der Waals surface area contributed by atoms with Crippen LogP contribution in [0.2, 0.25) is 5.02 Å². The quantitative estimate of drug-likeness (QED) is 0.897. The molecule has 0 atom stereocenters. The number of primary sulfonamides is 1. The van der Waals surface area contributed by atoms with Gasteiger partial charge in [-0.1, -0.05) is 11.6 Å². The molecule has 1 aromatic rings. The van der Waals surface area contributed by atoms with Crippen molar-refractivity contribution in [3.05, 3.63) is 28.8 Å². The fraction of sp³-hybridized carbons (Fsp3) is 0.500. The van der Waals surface area contributed by atoms with E-state index in [2.05, 4.69) is 0 Å². The van der Waals surface area contributed by atoms with E-state index in [0.29, 0.717) is 17.5 Å². The first kappa shape index (κ1) is 14.8. The Morgan fingerprint density at radius 2 is 1.95 bits per heavy atom. The molecule has 2 aliphatic rings. The summed E-state index contributed by atoms with van der Waals surface area (Å²) in [4.78, 5) is 14.3. The highest BCUT2D eigenvalue weighted by molar-refractivity contribution is 7.89. The van der Waals surface area contributed by atoms with Crippen LogP contribution in [0.3, 0.4) is 0 Å². The number of hydrogen-bond acceptors (Lipinski definition) is 3. The Morgan fingerprint density at radius 1 is 1.29 bits per heavy atom. The standard InChI is InChI=1S/C14H17ClN2O3S/c15-12-6-3-10(7-13(12)21(16,19)20)14(18)17(11-4-5-11)8-9-1-2-9/h3,6-7,9,11H,1-2,4-5,8H2,(H2,16,19,20). The SMILES string of the molecule is NS(=O)(=O)c1cc(C(=O)N(CC2CC2)C2CC2)ccc1Cl. The van der Waals surface area contributed by atoms with Gasteiger partial charge < -0.3 is 4.90 Å². The lowest BCUT2D eigenvalue weighted by atomic mass is 10.2. The predicted molar refractivity (Wildman–Crippen MR) is 79.6 cm³/mol. The smallest absolute Gasteiger partial charge is 0.254 e. The number of sulfonamides is 1. The van der Waals surface area contributed by atoms with Crippen LogP contribution in [0.15, 0.2) is 23.1 Å². The van der Waals surface area contributed by atoms with E-state index in [-0.39, 0.29) is 15.8 Å². The van der Waals surface area contributed by atoms with Gasteiger partial charge in [0, 0.05) is 18.2 Å². The van der Waals surface area contributed by atoms with Crippen LogP contribution in [0.25, 0.3) is 0 Å². The minimum absolute atomic E-state index is 0.0363. The van der Waals surface area contributed by atoms with Gasteiger partial charge in [-0.3, -0.25) is 4.79 Å². The Bertz CT molecular complexity index is 681. The summed E-state index contributed by atoms with van der Waals surface area (Å²) >= 11 is 5.85. The zero-order valence-electron chi connectivity index (χ0n) is 11.5. The summed E-state index contributed by atoms with van der Waals surface area (Å²) in [5.74, 6) is 0.463. The average Bonchev–Trinajstić information content (AvgIpc) is 3.26. The van der Waals surface area contributed by atoms with Crippen LogP contribution in [0, 0.1) is 5.92 Å². The normalized spacial score (nSPS) is 18.6. The fourth-order valence-corrected chi connectivity index (χ4v) is 3.45. The largest absolute Gasteiger partial charge is 0.335 e. The van der Waals surface area contributed by atoms with Crippen molar-refractivity contribution in [3.63, 3.8) is 0 Å². The van der Waals surface area contributed by atoms with E-state index >= 15 is 0 Å². The Balaban J connectivity index is 1.89. The number of carbonyl (C=O) groups is 1. The highest BCUT2D eigenvalue weighted by atomic mass is 35.5. The number of amides is 1. The molecule has 0 heterocycles. The van der Waals surface area contributed by atoms with E-state index in [0.717, 1.165) is 19.4 Å². The second-order valence-electron chi connectivity index (χ2n) is 5.82. The van der Waals surface area contributed by atoms with Gasteiger partial charge in [0.2, 0.25) is 10.0 Å². The van der Waals surface area contributed by atoms with E-state index in [1.54, 1.807) is 6.07 Å². The van der Waals surface area contributed by atoms with Crippen LogP contribution in [-0.4, -0.2) is 31.8 Å². The first-order valence-electron chi connectivity index (χ1n) is 6.99. The summed E-state index contributed by atoms with van der Waals surface area (Å²) in [6, 6.07) is 4.55. The Morgan fingerprint density at radius 3 is 2.48 bits per heavy atom. The molecule has 1 aromatic carbocycles. The maximum Gasteiger partial charge on any atom is 0.254 e. The van der Waals surface area contributed by atoms with Crippen molar-refractivity contribution in [1.82, 2.24) is 4.90 Å². The van der Waals surface area contributed by atoms with Gasteiger partial charge in [-0.05, 0) is 49.8 Å². The maximum atomic E-state index is 12.6. The predicted octanol–water partition coefficient (Wildman–Crippen LogP) is 2.00. The monoisotopic (exact) mass is 328 g/mol. The molecule has 3 rings (SSSR count). The first-order valence-corrected chi connectivity index (χ1v) is 8.92. The average molecular weight is 329 g/mol. The van der Waals surface area contributed by atoms with E-state index in [1.807, 2.05) is 4.90 Å². The number of hydrogen-bond donors (Lipinski definition) is 1. The molecular formula is C14H17ClN2O3S. The lowest BCUT2D eigenvalue weighted by molar-refractivity contribution is 0.0734. The van der Waals surface area contributed by atoms with Crippen molar-refractivity contribution in [2.45, 2.75) is 36.6 Å². The molecular weight excluding hydrogens is 312 g/mol. The van der Waals surface area contributed by atoms with Crippen LogP contribution in [0.1, 0.15) is 36.0 Å². The second-order valence-corrected chi connectivity index (χ2v) is 7.76. The maximum absolute atomic E-state index is 12.6. The molecule has 1 amide bonds. The van der Waals surface area contributed by atoms with Crippen LogP contribution >= 0.6 is 11.6 Å². The molecule has 114 valence electrons. The molecule has 0 bridgehead atoms. The lowest BCUT2D eigenvalue weighted by Crippen LogP contribution is -2.35. The number of benzene rings is 1. The molecule has 7 heteroatoms. The van der Waals surface area contributed by atoms with Crippen LogP contribution in [-0.2, 0) is 10.0 Å². The Hall–Kier alpha value is -1.11. The molecule has 0 saturated heterocycles. The summed E-state index contributed by atoms with van der Waals surface area (Å²) in [7, 11) is -3.93. The van der Waals surface area contributed by atoms with Crippen molar-refractivity contribution < 1.29 is 13.2 Å². The fourth-order valence-electron chi connectivity index (χ4n) is 2.38. The van der Waals surface area contributed by atoms with Gasteiger partial charge in [-0.25, -0.2) is 13.6 Å². The second kappa shape index (κ2) is 5.26. The number of rotatable bonds is 5. The van der Waals surface area contributed by atoms with Gasteiger partial charge in [-0.2, -0.15) is 0 Å². The molecule has 0 spiro atoms. The summed E-state index contributed by atoms with van der Waals surface area (Å²) < 4.78 is 23.0. The number of halogens is 1. The van der Waals surface area contributed by atoms with Gasteiger partial charge >= 0.3 is 0 Å². The van der Waals surface area contributed by atoms with Crippen molar-refractivity contribution in [1.29, 1.82) is 0 Å². The molecule has 2 fully saturated rings. The van der Waals surface area contributed by atoms with E-state index in [1.165, 1.54) is 25.0 Å². The third kappa shape index (κ3) is 3.39. The summed E-state index contributed by atoms with van der Waals surface area (Å²) in [6.45, 7) is 0.761. The van der Waals surface area contributed by atoms with Gasteiger partial charge in [0.25, 0.3) is 5.91 Å². The zero-order valence-corrected chi connectivity index (χ0v) is 13.0. The number of nitrogens with two attached hydrogens (primary N) is 1. The van der Waals surface area contributed by atoms with Crippen molar-refractivity contribution in [2.75, 3.05) is 6.54 Å². The Kier molecular flexibility index (Phi) is 3.71. The summed E-state index contributed by atoms with van der Waals surface area (Å²) in [5.41, 5.74) is 0.330. The van der Waals surface area contributed by atoms with E-state index in [4.69, 9.17) is 16.7 Å². The number of nitrogens with zero attached hydrogens (tertiary/aromatic N) is 1. The van der Waals surface area contributed by atoms with Crippen LogP contribution in [0.5, 0.6) is 0 Å². The first-order chi connectivity index (χ1) is 9.86. The lowest BCUT2D eigenvalue weighted by Gasteiger charge is -2.22. The van der Waals surface area contributed by atoms with Crippen molar-refractivity contribution >= 4 is 27.5 Å². The van der Waals surface area contributed by atoms with Crippen molar-refractivity contribution in [3.8, 4) is 0 Å². The summed E-state index contributed by atoms with van der Waals surface area (Å²) in [5, 5.41) is 5.16. The van der Waals surface area contributed by atoms with Gasteiger partial charge in [0.1, 0.15) is 4.90 Å². The molecule has 0 unspecified atom stereocenters. The molecule has 0 radical (unpaired) electrons. The highest BCUT2D eigenvalue weighted by Gasteiger charge is 2.37. The van der Waals surface area contributed by atoms with E-state index < -0.39 is 10.0 Å². The highest BCUT2D eigenvalue weighted by Crippen LogP contribution is 2.36. The summed E-state index contributed by atoms with van der Waals surface area (Å²) in [6.07, 6.45) is 4.38. The van der Waals surface area contributed by atoms with Crippen molar-refractivity contribution in [2.24, 2.45) is 11.1 Å². The minimum atomic E-state index is -3.93. The molecule has 0 aromatic heterocycles. The third-order valence-corrected chi connectivity index (χ3v) is 5.28. The molecule has 2 saturated carbocycles. The van der Waals surface area contributed by atoms with Gasteiger partial charge in [-0.15, -0.1) is 0 Å². The minimum Gasteiger partial charge on any atom is -0.335 e. The van der Waals surface area contributed by atoms with E-state index in [9.17, 15) is 13.2 Å². The Labute approximate surface area is 129 Å². The van der Waals surface area contributed by atoms with Gasteiger partial charge in [0.15, 0.2) is 0 Å². The molecule has 0 aliphatic heterocycles. The van der Waals surface area contributed by atoms with Crippen LogP contribution < -0.4 is 5.14 Å². The van der Waals surface area contributed by atoms with Crippen LogP contribution in [0.4, 0.5) is 0 Å². The molecule has 21 heavy (non-hydrogen) atoms.